The van der Waals surface area contributed by atoms with E-state index in [-0.39, 0.29) is 20.1 Å². The van der Waals surface area contributed by atoms with Gasteiger partial charge in [-0.25, -0.2) is 0 Å². The Labute approximate surface area is 48.9 Å². The molecule has 4 heteroatoms. The van der Waals surface area contributed by atoms with Crippen LogP contribution in [0.1, 0.15) is 0 Å². The Balaban J connectivity index is 0. The summed E-state index contributed by atoms with van der Waals surface area (Å²) >= 11 is 0. The fourth-order valence-corrected chi connectivity index (χ4v) is 0. The van der Waals surface area contributed by atoms with E-state index in [0.29, 0.717) is 0 Å². The Bertz CT molecular complexity index is 46.8. The van der Waals surface area contributed by atoms with Crippen LogP contribution in [0.25, 0.3) is 5.73 Å². The summed E-state index contributed by atoms with van der Waals surface area (Å²) < 4.78 is 0. The standard InChI is InChI=1S/C2H4NO2.Ir/c3-1-2(4)5;/h3H,1H2,(H,4,5);/q-1;. The van der Waals surface area contributed by atoms with Gasteiger partial charge in [0.1, 0.15) is 0 Å². The van der Waals surface area contributed by atoms with Crippen molar-refractivity contribution < 1.29 is 30.0 Å². The zero-order valence-corrected chi connectivity index (χ0v) is 5.29. The van der Waals surface area contributed by atoms with Crippen molar-refractivity contribution in [2.24, 2.45) is 0 Å². The van der Waals surface area contributed by atoms with Crippen molar-refractivity contribution >= 4 is 5.97 Å². The van der Waals surface area contributed by atoms with Crippen LogP contribution in [0.2, 0.25) is 0 Å². The molecule has 0 saturated carbocycles. The van der Waals surface area contributed by atoms with Crippen molar-refractivity contribution in [1.82, 2.24) is 0 Å². The Morgan fingerprint density at radius 2 is 2.00 bits per heavy atom. The largest absolute Gasteiger partial charge is 0.668 e. The molecule has 0 heterocycles. The molecule has 0 atom stereocenters. The van der Waals surface area contributed by atoms with Crippen LogP contribution in [0.15, 0.2) is 0 Å². The molecular weight excluding hydrogens is 262 g/mol. The van der Waals surface area contributed by atoms with Gasteiger partial charge in [0.05, 0.1) is 0 Å². The predicted molar refractivity (Wildman–Crippen MR) is 16.8 cm³/mol. The van der Waals surface area contributed by atoms with Crippen LogP contribution in [0.5, 0.6) is 0 Å². The Morgan fingerprint density at radius 3 is 2.00 bits per heavy atom. The first-order valence-corrected chi connectivity index (χ1v) is 1.13. The smallest absolute Gasteiger partial charge is 0.282 e. The molecule has 0 rings (SSSR count). The van der Waals surface area contributed by atoms with Crippen LogP contribution in [0.4, 0.5) is 0 Å². The summed E-state index contributed by atoms with van der Waals surface area (Å²) in [5.41, 5.74) is 6.06. The van der Waals surface area contributed by atoms with Gasteiger partial charge in [0.2, 0.25) is 0 Å². The molecule has 0 saturated heterocycles. The predicted octanol–water partition coefficient (Wildman–Crippen LogP) is 0.121. The van der Waals surface area contributed by atoms with Crippen molar-refractivity contribution in [3.8, 4) is 0 Å². The SMILES string of the molecule is [Ir].[NH-]CC(=O)O. The van der Waals surface area contributed by atoms with E-state index < -0.39 is 12.5 Å². The third kappa shape index (κ3) is 8.95. The molecule has 0 fully saturated rings. The number of nitrogens with one attached hydrogen (secondary N) is 1. The molecular formula is C2H4IrNO2-. The Morgan fingerprint density at radius 1 is 1.83 bits per heavy atom. The maximum atomic E-state index is 9.18. The first-order chi connectivity index (χ1) is 2.27. The van der Waals surface area contributed by atoms with Gasteiger partial charge in [-0.05, 0) is 0 Å². The molecule has 3 nitrogen and oxygen atoms in total. The van der Waals surface area contributed by atoms with Crippen LogP contribution in [-0.4, -0.2) is 17.6 Å². The van der Waals surface area contributed by atoms with Crippen molar-refractivity contribution in [3.05, 3.63) is 5.73 Å². The van der Waals surface area contributed by atoms with Crippen LogP contribution >= 0.6 is 0 Å². The first-order valence-electron chi connectivity index (χ1n) is 1.13. The van der Waals surface area contributed by atoms with Crippen LogP contribution < -0.4 is 0 Å². The van der Waals surface area contributed by atoms with Gasteiger partial charge >= 0.3 is 0 Å². The van der Waals surface area contributed by atoms with E-state index in [1.807, 2.05) is 0 Å². The zero-order chi connectivity index (χ0) is 4.28. The molecule has 0 bridgehead atoms. The van der Waals surface area contributed by atoms with E-state index in [0.717, 1.165) is 0 Å². The molecule has 0 spiro atoms. The summed E-state index contributed by atoms with van der Waals surface area (Å²) in [5.74, 6) is -1.08. The van der Waals surface area contributed by atoms with E-state index >= 15 is 0 Å². The third-order valence-corrected chi connectivity index (χ3v) is 0.151. The number of carbonyl (C=O) groups is 1. The third-order valence-electron chi connectivity index (χ3n) is 0.151. The van der Waals surface area contributed by atoms with Crippen molar-refractivity contribution in [2.75, 3.05) is 6.54 Å². The van der Waals surface area contributed by atoms with E-state index in [1.54, 1.807) is 0 Å². The minimum absolute atomic E-state index is 0. The molecule has 39 valence electrons. The quantitative estimate of drug-likeness (QED) is 0.733. The second-order valence-electron chi connectivity index (χ2n) is 0.571. The zero-order valence-electron chi connectivity index (χ0n) is 2.90. The number of carboxylic acid groups (broad SMARTS) is 1. The van der Waals surface area contributed by atoms with Gasteiger partial charge in [0.15, 0.2) is 0 Å². The minimum Gasteiger partial charge on any atom is -0.668 e. The molecule has 0 aliphatic carbocycles. The van der Waals surface area contributed by atoms with Gasteiger partial charge < -0.3 is 10.8 Å². The summed E-state index contributed by atoms with van der Waals surface area (Å²) in [6.45, 7) is -0.528. The molecule has 1 radical (unpaired) electrons. The van der Waals surface area contributed by atoms with Gasteiger partial charge in [-0.15, -0.1) is 0 Å². The average molecular weight is 266 g/mol. The minimum atomic E-state index is -1.08. The van der Waals surface area contributed by atoms with Crippen molar-refractivity contribution in [2.45, 2.75) is 0 Å². The van der Waals surface area contributed by atoms with Gasteiger partial charge in [-0.1, -0.05) is 6.54 Å². The normalized spacial score (nSPS) is 6.17. The summed E-state index contributed by atoms with van der Waals surface area (Å²) in [6, 6.07) is 0. The fourth-order valence-electron chi connectivity index (χ4n) is 0. The van der Waals surface area contributed by atoms with E-state index in [9.17, 15) is 4.79 Å². The summed E-state index contributed by atoms with van der Waals surface area (Å²) in [7, 11) is 0. The summed E-state index contributed by atoms with van der Waals surface area (Å²) in [5, 5.41) is 7.53. The van der Waals surface area contributed by atoms with Gasteiger partial charge in [-0.3, -0.25) is 4.79 Å². The Hall–Kier alpha value is 0.0794. The molecule has 0 amide bonds. The summed E-state index contributed by atoms with van der Waals surface area (Å²) in [6.07, 6.45) is 0. The second kappa shape index (κ2) is 5.08. The van der Waals surface area contributed by atoms with Gasteiger partial charge in [0, 0.05) is 20.1 Å². The maximum Gasteiger partial charge on any atom is 0.282 e. The van der Waals surface area contributed by atoms with Crippen LogP contribution in [0, 0.1) is 0 Å². The van der Waals surface area contributed by atoms with Crippen molar-refractivity contribution in [1.29, 1.82) is 0 Å². The first kappa shape index (κ1) is 9.43. The summed E-state index contributed by atoms with van der Waals surface area (Å²) in [4.78, 5) is 9.18. The molecule has 2 N–H and O–H groups in total. The fraction of sp³-hybridized carbons (Fsp3) is 0.500. The van der Waals surface area contributed by atoms with Crippen LogP contribution in [0.3, 0.4) is 0 Å². The number of hydrogen-bond acceptors (Lipinski definition) is 1. The van der Waals surface area contributed by atoms with Crippen LogP contribution in [-0.2, 0) is 24.9 Å². The molecule has 0 aromatic rings. The molecule has 6 heavy (non-hydrogen) atoms. The van der Waals surface area contributed by atoms with E-state index in [1.165, 1.54) is 0 Å². The molecule has 0 aromatic heterocycles. The van der Waals surface area contributed by atoms with Gasteiger partial charge in [-0.2, -0.15) is 0 Å². The van der Waals surface area contributed by atoms with Gasteiger partial charge in [0.25, 0.3) is 5.97 Å². The Kier molecular flexibility index (Phi) is 7.98. The number of rotatable bonds is 1. The monoisotopic (exact) mass is 267 g/mol. The average Bonchev–Trinajstić information content (AvgIpc) is 1.38. The number of carboxylic acids is 1. The second-order valence-corrected chi connectivity index (χ2v) is 0.571. The maximum absolute atomic E-state index is 9.18. The molecule has 0 aliphatic rings. The van der Waals surface area contributed by atoms with Crippen molar-refractivity contribution in [3.63, 3.8) is 0 Å². The molecule has 0 aromatic carbocycles. The van der Waals surface area contributed by atoms with E-state index in [2.05, 4.69) is 0 Å². The number of aliphatic carboxylic acids is 1. The number of hydrogen-bond donors (Lipinski definition) is 1. The van der Waals surface area contributed by atoms with E-state index in [4.69, 9.17) is 10.8 Å². The molecule has 0 aliphatic heterocycles. The topological polar surface area (TPSA) is 61.1 Å². The molecule has 0 unspecified atom stereocenters.